The average molecular weight is 265 g/mol. The fraction of sp³-hybridized carbons (Fsp3) is 0.154. The van der Waals surface area contributed by atoms with Crippen molar-refractivity contribution in [3.63, 3.8) is 0 Å². The first-order valence-electron chi connectivity index (χ1n) is 5.37. The van der Waals surface area contributed by atoms with Crippen LogP contribution in [0.3, 0.4) is 0 Å². The Bertz CT molecular complexity index is 544. The molecule has 1 aromatic carbocycles. The zero-order valence-electron chi connectivity index (χ0n) is 9.03. The summed E-state index contributed by atoms with van der Waals surface area (Å²) >= 11 is 12.0. The van der Waals surface area contributed by atoms with Crippen molar-refractivity contribution in [3.05, 3.63) is 57.7 Å². The van der Waals surface area contributed by atoms with Crippen LogP contribution in [0.25, 0.3) is 0 Å². The van der Waals surface area contributed by atoms with Gasteiger partial charge in [-0.25, -0.2) is 4.98 Å². The number of nitrogens with zero attached hydrogens (tertiary/aromatic N) is 2. The van der Waals surface area contributed by atoms with Crippen LogP contribution in [0.5, 0.6) is 0 Å². The van der Waals surface area contributed by atoms with Crippen molar-refractivity contribution < 1.29 is 0 Å². The van der Waals surface area contributed by atoms with Gasteiger partial charge in [-0.05, 0) is 17.2 Å². The second-order valence-corrected chi connectivity index (χ2v) is 4.93. The molecule has 0 bridgehead atoms. The van der Waals surface area contributed by atoms with E-state index < -0.39 is 0 Å². The number of hydrogen-bond acceptors (Lipinski definition) is 2. The van der Waals surface area contributed by atoms with Crippen molar-refractivity contribution >= 4 is 29.0 Å². The molecule has 1 aromatic heterocycles. The van der Waals surface area contributed by atoms with E-state index in [1.165, 1.54) is 11.1 Å². The van der Waals surface area contributed by atoms with Crippen molar-refractivity contribution in [1.82, 2.24) is 4.98 Å². The van der Waals surface area contributed by atoms with Crippen LogP contribution in [0, 0.1) is 0 Å². The summed E-state index contributed by atoms with van der Waals surface area (Å²) in [5.74, 6) is 0.798. The topological polar surface area (TPSA) is 16.1 Å². The Labute approximate surface area is 110 Å². The first-order valence-corrected chi connectivity index (χ1v) is 6.12. The van der Waals surface area contributed by atoms with E-state index in [2.05, 4.69) is 34.1 Å². The van der Waals surface area contributed by atoms with Crippen molar-refractivity contribution in [2.45, 2.75) is 13.1 Å². The summed E-state index contributed by atoms with van der Waals surface area (Å²) in [6.07, 6.45) is 1.63. The van der Waals surface area contributed by atoms with Gasteiger partial charge in [0.25, 0.3) is 0 Å². The van der Waals surface area contributed by atoms with Crippen LogP contribution in [-0.2, 0) is 13.1 Å². The van der Waals surface area contributed by atoms with Crippen LogP contribution in [0.1, 0.15) is 11.1 Å². The van der Waals surface area contributed by atoms with Crippen molar-refractivity contribution in [3.8, 4) is 0 Å². The highest BCUT2D eigenvalue weighted by Crippen LogP contribution is 2.32. The molecule has 2 heterocycles. The highest BCUT2D eigenvalue weighted by molar-refractivity contribution is 6.36. The summed E-state index contributed by atoms with van der Waals surface area (Å²) in [5.41, 5.74) is 2.67. The minimum absolute atomic E-state index is 0.565. The van der Waals surface area contributed by atoms with E-state index in [4.69, 9.17) is 23.2 Å². The van der Waals surface area contributed by atoms with Gasteiger partial charge in [0.2, 0.25) is 0 Å². The number of rotatable bonds is 1. The van der Waals surface area contributed by atoms with Gasteiger partial charge in [0.05, 0.1) is 10.0 Å². The van der Waals surface area contributed by atoms with E-state index in [9.17, 15) is 0 Å². The Hall–Kier alpha value is -1.25. The molecule has 0 atom stereocenters. The Morgan fingerprint density at radius 1 is 1.06 bits per heavy atom. The number of pyridine rings is 1. The lowest BCUT2D eigenvalue weighted by molar-refractivity contribution is 0.857. The third-order valence-electron chi connectivity index (χ3n) is 2.93. The summed E-state index contributed by atoms with van der Waals surface area (Å²) in [6, 6.07) is 10.1. The van der Waals surface area contributed by atoms with E-state index in [0.717, 1.165) is 18.9 Å². The highest BCUT2D eigenvalue weighted by atomic mass is 35.5. The minimum Gasteiger partial charge on any atom is -0.347 e. The average Bonchev–Trinajstić information content (AvgIpc) is 2.72. The van der Waals surface area contributed by atoms with Crippen LogP contribution in [0.15, 0.2) is 36.5 Å². The summed E-state index contributed by atoms with van der Waals surface area (Å²) in [5, 5.41) is 1.17. The molecule has 1 aliphatic rings. The van der Waals surface area contributed by atoms with Crippen LogP contribution in [0.2, 0.25) is 10.0 Å². The number of benzene rings is 1. The normalized spacial score (nSPS) is 13.9. The second kappa shape index (κ2) is 4.21. The zero-order valence-corrected chi connectivity index (χ0v) is 10.5. The van der Waals surface area contributed by atoms with Gasteiger partial charge in [0, 0.05) is 19.3 Å². The van der Waals surface area contributed by atoms with Gasteiger partial charge in [-0.3, -0.25) is 0 Å². The first kappa shape index (κ1) is 10.9. The van der Waals surface area contributed by atoms with E-state index >= 15 is 0 Å². The molecule has 0 spiro atoms. The lowest BCUT2D eigenvalue weighted by Gasteiger charge is -2.17. The quantitative estimate of drug-likeness (QED) is 0.777. The standard InChI is InChI=1S/C13H10Cl2N2/c14-11-5-12(15)13(16-6-11)17-7-9-3-1-2-4-10(9)8-17/h1-6H,7-8H2. The molecule has 1 aliphatic heterocycles. The van der Waals surface area contributed by atoms with Crippen LogP contribution < -0.4 is 4.90 Å². The fourth-order valence-electron chi connectivity index (χ4n) is 2.12. The van der Waals surface area contributed by atoms with Gasteiger partial charge >= 0.3 is 0 Å². The maximum absolute atomic E-state index is 6.16. The molecule has 0 saturated carbocycles. The largest absolute Gasteiger partial charge is 0.347 e. The Balaban J connectivity index is 1.94. The van der Waals surface area contributed by atoms with Gasteiger partial charge in [-0.2, -0.15) is 0 Å². The molecule has 0 radical (unpaired) electrons. The zero-order chi connectivity index (χ0) is 11.8. The van der Waals surface area contributed by atoms with Crippen LogP contribution in [-0.4, -0.2) is 4.98 Å². The lowest BCUT2D eigenvalue weighted by atomic mass is 10.1. The summed E-state index contributed by atoms with van der Waals surface area (Å²) in [7, 11) is 0. The number of halogens is 2. The minimum atomic E-state index is 0.565. The first-order chi connectivity index (χ1) is 8.24. The fourth-order valence-corrected chi connectivity index (χ4v) is 2.62. The van der Waals surface area contributed by atoms with Gasteiger partial charge in [-0.15, -0.1) is 0 Å². The molecule has 3 rings (SSSR count). The maximum Gasteiger partial charge on any atom is 0.148 e. The van der Waals surface area contributed by atoms with Crippen molar-refractivity contribution in [1.29, 1.82) is 0 Å². The third kappa shape index (κ3) is 1.99. The summed E-state index contributed by atoms with van der Waals surface area (Å²) in [6.45, 7) is 1.70. The van der Waals surface area contributed by atoms with Crippen molar-refractivity contribution in [2.24, 2.45) is 0 Å². The molecule has 4 heteroatoms. The summed E-state index contributed by atoms with van der Waals surface area (Å²) in [4.78, 5) is 6.46. The Morgan fingerprint density at radius 2 is 1.71 bits per heavy atom. The lowest BCUT2D eigenvalue weighted by Crippen LogP contribution is -2.16. The molecule has 0 saturated heterocycles. The predicted molar refractivity (Wildman–Crippen MR) is 70.6 cm³/mol. The van der Waals surface area contributed by atoms with Gasteiger partial charge in [0.1, 0.15) is 5.82 Å². The second-order valence-electron chi connectivity index (χ2n) is 4.08. The SMILES string of the molecule is Clc1cnc(N2Cc3ccccc3C2)c(Cl)c1. The number of anilines is 1. The Kier molecular flexibility index (Phi) is 2.69. The molecule has 2 aromatic rings. The molecular formula is C13H10Cl2N2. The smallest absolute Gasteiger partial charge is 0.148 e. The van der Waals surface area contributed by atoms with Crippen LogP contribution >= 0.6 is 23.2 Å². The number of aromatic nitrogens is 1. The molecule has 17 heavy (non-hydrogen) atoms. The molecule has 0 N–H and O–H groups in total. The molecular weight excluding hydrogens is 255 g/mol. The van der Waals surface area contributed by atoms with Gasteiger partial charge < -0.3 is 4.90 Å². The third-order valence-corrected chi connectivity index (χ3v) is 3.41. The van der Waals surface area contributed by atoms with Gasteiger partial charge in [0.15, 0.2) is 0 Å². The monoisotopic (exact) mass is 264 g/mol. The molecule has 0 fully saturated rings. The summed E-state index contributed by atoms with van der Waals surface area (Å²) < 4.78 is 0. The predicted octanol–water partition coefficient (Wildman–Crippen LogP) is 3.91. The van der Waals surface area contributed by atoms with Gasteiger partial charge in [-0.1, -0.05) is 47.5 Å². The molecule has 86 valence electrons. The van der Waals surface area contributed by atoms with Crippen LogP contribution in [0.4, 0.5) is 5.82 Å². The maximum atomic E-state index is 6.16. The number of fused-ring (bicyclic) bond motifs is 1. The van der Waals surface area contributed by atoms with E-state index in [1.54, 1.807) is 12.3 Å². The molecule has 0 aliphatic carbocycles. The van der Waals surface area contributed by atoms with E-state index in [0.29, 0.717) is 10.0 Å². The van der Waals surface area contributed by atoms with E-state index in [1.807, 2.05) is 0 Å². The van der Waals surface area contributed by atoms with Crippen molar-refractivity contribution in [2.75, 3.05) is 4.90 Å². The van der Waals surface area contributed by atoms with E-state index in [-0.39, 0.29) is 0 Å². The molecule has 2 nitrogen and oxygen atoms in total. The highest BCUT2D eigenvalue weighted by Gasteiger charge is 2.21. The molecule has 0 amide bonds. The Morgan fingerprint density at radius 3 is 2.29 bits per heavy atom. The number of hydrogen-bond donors (Lipinski definition) is 0. The molecule has 0 unspecified atom stereocenters.